The van der Waals surface area contributed by atoms with E-state index in [-0.39, 0.29) is 5.91 Å². The first-order valence-corrected chi connectivity index (χ1v) is 9.50. The second kappa shape index (κ2) is 7.00. The molecule has 0 spiro atoms. The van der Waals surface area contributed by atoms with E-state index < -0.39 is 0 Å². The van der Waals surface area contributed by atoms with Crippen LogP contribution in [0.5, 0.6) is 0 Å². The summed E-state index contributed by atoms with van der Waals surface area (Å²) in [6, 6.07) is 15.4. The van der Waals surface area contributed by atoms with E-state index in [1.165, 1.54) is 18.5 Å². The molecule has 0 fully saturated rings. The van der Waals surface area contributed by atoms with Crippen LogP contribution < -0.4 is 5.32 Å². The summed E-state index contributed by atoms with van der Waals surface area (Å²) < 4.78 is 3.42. The average molecular weight is 443 g/mol. The molecule has 126 valence electrons. The first-order valence-electron chi connectivity index (χ1n) is 8.42. The molecule has 25 heavy (non-hydrogen) atoms. The van der Waals surface area contributed by atoms with E-state index in [2.05, 4.69) is 37.5 Å². The Kier molecular flexibility index (Phi) is 4.57. The summed E-state index contributed by atoms with van der Waals surface area (Å²) in [5.74, 6) is 0.924. The molecule has 4 nitrogen and oxygen atoms in total. The molecular weight excluding hydrogens is 425 g/mol. The Bertz CT molecular complexity index is 898. The lowest BCUT2D eigenvalue weighted by Crippen LogP contribution is -2.12. The molecule has 1 N–H and O–H groups in total. The van der Waals surface area contributed by atoms with Crippen molar-refractivity contribution in [3.63, 3.8) is 0 Å². The smallest absolute Gasteiger partial charge is 0.255 e. The summed E-state index contributed by atoms with van der Waals surface area (Å²) in [5.41, 5.74) is 3.85. The van der Waals surface area contributed by atoms with E-state index in [1.54, 1.807) is 0 Å². The number of nitrogens with one attached hydrogen (secondary N) is 1. The molecule has 1 amide bonds. The van der Waals surface area contributed by atoms with Gasteiger partial charge in [-0.1, -0.05) is 0 Å². The van der Waals surface area contributed by atoms with E-state index in [4.69, 9.17) is 0 Å². The van der Waals surface area contributed by atoms with Crippen LogP contribution in [0.3, 0.4) is 0 Å². The van der Waals surface area contributed by atoms with Crippen molar-refractivity contribution in [1.82, 2.24) is 9.55 Å². The van der Waals surface area contributed by atoms with Gasteiger partial charge in [-0.2, -0.15) is 0 Å². The predicted molar refractivity (Wildman–Crippen MR) is 108 cm³/mol. The molecule has 2 aromatic carbocycles. The van der Waals surface area contributed by atoms with Gasteiger partial charge in [-0.05, 0) is 90.4 Å². The van der Waals surface area contributed by atoms with Crippen molar-refractivity contribution < 1.29 is 4.79 Å². The van der Waals surface area contributed by atoms with Gasteiger partial charge in [0.15, 0.2) is 0 Å². The zero-order chi connectivity index (χ0) is 17.2. The summed E-state index contributed by atoms with van der Waals surface area (Å²) in [6.07, 6.45) is 5.55. The van der Waals surface area contributed by atoms with Gasteiger partial charge in [0.05, 0.1) is 0 Å². The molecule has 2 heterocycles. The number of aryl methyl sites for hydroxylation is 1. The number of nitrogens with zero attached hydrogens (tertiary/aromatic N) is 2. The fourth-order valence-corrected chi connectivity index (χ4v) is 3.53. The zero-order valence-electron chi connectivity index (χ0n) is 13.7. The van der Waals surface area contributed by atoms with Crippen molar-refractivity contribution in [1.29, 1.82) is 0 Å². The first kappa shape index (κ1) is 16.3. The van der Waals surface area contributed by atoms with Crippen molar-refractivity contribution in [2.75, 3.05) is 5.32 Å². The molecule has 1 aliphatic heterocycles. The number of benzene rings is 2. The maximum Gasteiger partial charge on any atom is 0.255 e. The highest BCUT2D eigenvalue weighted by molar-refractivity contribution is 14.1. The van der Waals surface area contributed by atoms with Gasteiger partial charge in [-0.15, -0.1) is 0 Å². The number of anilines is 1. The standard InChI is InChI=1S/C20H18IN3O/c21-16-8-4-15(5-9-16)20(25)23-17-10-6-14(7-11-17)19-22-13-18-3-1-2-12-24(18)19/h4-11,13H,1-3,12H2,(H,23,25). The molecule has 0 saturated heterocycles. The minimum atomic E-state index is -0.0951. The summed E-state index contributed by atoms with van der Waals surface area (Å²) in [4.78, 5) is 16.9. The molecule has 0 bridgehead atoms. The molecule has 0 aliphatic carbocycles. The number of rotatable bonds is 3. The van der Waals surface area contributed by atoms with Crippen LogP contribution in [0, 0.1) is 3.57 Å². The van der Waals surface area contributed by atoms with Crippen molar-refractivity contribution in [3.8, 4) is 11.4 Å². The maximum absolute atomic E-state index is 12.3. The van der Waals surface area contributed by atoms with Gasteiger partial charge in [0.25, 0.3) is 5.91 Å². The maximum atomic E-state index is 12.3. The van der Waals surface area contributed by atoms with Gasteiger partial charge in [-0.25, -0.2) is 4.98 Å². The van der Waals surface area contributed by atoms with Crippen LogP contribution in [0.1, 0.15) is 28.9 Å². The minimum Gasteiger partial charge on any atom is -0.328 e. The van der Waals surface area contributed by atoms with E-state index in [9.17, 15) is 4.79 Å². The monoisotopic (exact) mass is 443 g/mol. The van der Waals surface area contributed by atoms with Crippen LogP contribution in [0.25, 0.3) is 11.4 Å². The van der Waals surface area contributed by atoms with E-state index >= 15 is 0 Å². The molecule has 4 rings (SSSR count). The van der Waals surface area contributed by atoms with Gasteiger partial charge in [0.2, 0.25) is 0 Å². The van der Waals surface area contributed by atoms with E-state index in [0.717, 1.165) is 33.6 Å². The molecule has 0 radical (unpaired) electrons. The Morgan fingerprint density at radius 1 is 1.04 bits per heavy atom. The molecular formula is C20H18IN3O. The molecule has 1 aliphatic rings. The average Bonchev–Trinajstić information content (AvgIpc) is 3.07. The lowest BCUT2D eigenvalue weighted by molar-refractivity contribution is 0.102. The SMILES string of the molecule is O=C(Nc1ccc(-c2ncc3n2CCCC3)cc1)c1ccc(I)cc1. The lowest BCUT2D eigenvalue weighted by Gasteiger charge is -2.16. The predicted octanol–water partition coefficient (Wildman–Crippen LogP) is 4.74. The topological polar surface area (TPSA) is 46.9 Å². The summed E-state index contributed by atoms with van der Waals surface area (Å²) in [5, 5.41) is 2.94. The number of hydrogen-bond acceptors (Lipinski definition) is 2. The largest absolute Gasteiger partial charge is 0.328 e. The van der Waals surface area contributed by atoms with Gasteiger partial charge >= 0.3 is 0 Å². The van der Waals surface area contributed by atoms with Crippen LogP contribution in [-0.4, -0.2) is 15.5 Å². The van der Waals surface area contributed by atoms with Crippen LogP contribution in [0.2, 0.25) is 0 Å². The van der Waals surface area contributed by atoms with E-state index in [1.807, 2.05) is 54.7 Å². The lowest BCUT2D eigenvalue weighted by atomic mass is 10.1. The molecule has 3 aromatic rings. The van der Waals surface area contributed by atoms with Gasteiger partial charge < -0.3 is 9.88 Å². The highest BCUT2D eigenvalue weighted by Crippen LogP contribution is 2.25. The van der Waals surface area contributed by atoms with Gasteiger partial charge in [0, 0.05) is 38.8 Å². The van der Waals surface area contributed by atoms with Crippen LogP contribution in [-0.2, 0) is 13.0 Å². The Balaban J connectivity index is 1.51. The number of aromatic nitrogens is 2. The Morgan fingerprint density at radius 2 is 1.80 bits per heavy atom. The zero-order valence-corrected chi connectivity index (χ0v) is 15.9. The van der Waals surface area contributed by atoms with Crippen LogP contribution in [0.4, 0.5) is 5.69 Å². The van der Waals surface area contributed by atoms with Gasteiger partial charge in [0.1, 0.15) is 5.82 Å². The van der Waals surface area contributed by atoms with Gasteiger partial charge in [-0.3, -0.25) is 4.79 Å². The number of carbonyl (C=O) groups is 1. The normalized spacial score (nSPS) is 13.3. The molecule has 5 heteroatoms. The van der Waals surface area contributed by atoms with E-state index in [0.29, 0.717) is 5.56 Å². The number of fused-ring (bicyclic) bond motifs is 1. The number of imidazole rings is 1. The van der Waals surface area contributed by atoms with Crippen molar-refractivity contribution >= 4 is 34.2 Å². The number of halogens is 1. The fourth-order valence-electron chi connectivity index (χ4n) is 3.17. The second-order valence-corrected chi connectivity index (χ2v) is 7.47. The number of amides is 1. The first-order chi connectivity index (χ1) is 12.2. The van der Waals surface area contributed by atoms with Crippen molar-refractivity contribution in [2.45, 2.75) is 25.8 Å². The van der Waals surface area contributed by atoms with Crippen molar-refractivity contribution in [3.05, 3.63) is 69.6 Å². The molecule has 0 atom stereocenters. The molecule has 1 aromatic heterocycles. The van der Waals surface area contributed by atoms with Crippen molar-refractivity contribution in [2.24, 2.45) is 0 Å². The summed E-state index contributed by atoms with van der Waals surface area (Å²) in [6.45, 7) is 1.04. The quantitative estimate of drug-likeness (QED) is 0.595. The second-order valence-electron chi connectivity index (χ2n) is 6.22. The summed E-state index contributed by atoms with van der Waals surface area (Å²) in [7, 11) is 0. The highest BCUT2D eigenvalue weighted by atomic mass is 127. The third-order valence-corrected chi connectivity index (χ3v) is 5.23. The Morgan fingerprint density at radius 3 is 2.56 bits per heavy atom. The fraction of sp³-hybridized carbons (Fsp3) is 0.200. The van der Waals surface area contributed by atoms with Crippen LogP contribution >= 0.6 is 22.6 Å². The highest BCUT2D eigenvalue weighted by Gasteiger charge is 2.15. The molecule has 0 saturated carbocycles. The third-order valence-electron chi connectivity index (χ3n) is 4.51. The number of hydrogen-bond donors (Lipinski definition) is 1. The Labute approximate surface area is 160 Å². The third kappa shape index (κ3) is 3.46. The van der Waals surface area contributed by atoms with Crippen LogP contribution in [0.15, 0.2) is 54.7 Å². The summed E-state index contributed by atoms with van der Waals surface area (Å²) >= 11 is 2.23. The molecule has 0 unspecified atom stereocenters. The Hall–Kier alpha value is -2.15. The number of carbonyl (C=O) groups excluding carboxylic acids is 1. The minimum absolute atomic E-state index is 0.0951.